The molecule has 1 aliphatic carbocycles. The van der Waals surface area contributed by atoms with E-state index in [0.29, 0.717) is 16.9 Å². The molecule has 2 nitrogen and oxygen atoms in total. The second-order valence-corrected chi connectivity index (χ2v) is 5.49. The van der Waals surface area contributed by atoms with E-state index in [1.807, 2.05) is 6.07 Å². The minimum atomic E-state index is -0.231. The molecule has 94 valence electrons. The number of nitrogens with one attached hydrogen (secondary N) is 1. The predicted molar refractivity (Wildman–Crippen MR) is 69.2 cm³/mol. The summed E-state index contributed by atoms with van der Waals surface area (Å²) in [6.07, 6.45) is 2.95. The summed E-state index contributed by atoms with van der Waals surface area (Å²) in [7, 11) is 0. The molecule has 2 N–H and O–H groups in total. The number of rotatable bonds is 4. The molecule has 2 rings (SSSR count). The fraction of sp³-hybridized carbons (Fsp3) is 0.538. The van der Waals surface area contributed by atoms with E-state index in [4.69, 9.17) is 0 Å². The van der Waals surface area contributed by atoms with Gasteiger partial charge in [0, 0.05) is 13.1 Å². The molecule has 1 aromatic rings. The maximum atomic E-state index is 13.3. The molecule has 2 unspecified atom stereocenters. The summed E-state index contributed by atoms with van der Waals surface area (Å²) in [4.78, 5) is 0. The molecule has 1 aliphatic rings. The van der Waals surface area contributed by atoms with Crippen LogP contribution < -0.4 is 5.32 Å². The van der Waals surface area contributed by atoms with Crippen molar-refractivity contribution in [3.05, 3.63) is 34.1 Å². The minimum absolute atomic E-state index is 0.163. The number of benzene rings is 1. The van der Waals surface area contributed by atoms with E-state index < -0.39 is 0 Å². The van der Waals surface area contributed by atoms with Crippen molar-refractivity contribution in [2.24, 2.45) is 5.92 Å². The van der Waals surface area contributed by atoms with E-state index in [1.54, 1.807) is 6.07 Å². The molecule has 1 saturated carbocycles. The quantitative estimate of drug-likeness (QED) is 0.896. The van der Waals surface area contributed by atoms with Gasteiger partial charge in [0.25, 0.3) is 0 Å². The number of hydrogen-bond acceptors (Lipinski definition) is 2. The zero-order valence-corrected chi connectivity index (χ0v) is 11.2. The predicted octanol–water partition coefficient (Wildman–Crippen LogP) is 2.84. The Bertz CT molecular complexity index is 386. The van der Waals surface area contributed by atoms with Crippen molar-refractivity contribution >= 4 is 15.9 Å². The molecule has 1 aromatic carbocycles. The lowest BCUT2D eigenvalue weighted by atomic mass is 10.1. The number of aliphatic hydroxyl groups is 1. The van der Waals surface area contributed by atoms with Crippen molar-refractivity contribution < 1.29 is 9.50 Å². The highest BCUT2D eigenvalue weighted by Gasteiger charge is 2.24. The summed E-state index contributed by atoms with van der Waals surface area (Å²) < 4.78 is 13.7. The molecule has 4 heteroatoms. The van der Waals surface area contributed by atoms with Crippen LogP contribution in [0.15, 0.2) is 22.7 Å². The molecule has 0 saturated heterocycles. The fourth-order valence-corrected chi connectivity index (χ4v) is 2.55. The van der Waals surface area contributed by atoms with Gasteiger partial charge in [-0.1, -0.05) is 12.5 Å². The summed E-state index contributed by atoms with van der Waals surface area (Å²) >= 11 is 3.13. The number of halogens is 2. The summed E-state index contributed by atoms with van der Waals surface area (Å²) in [6.45, 7) is 1.45. The first-order valence-electron chi connectivity index (χ1n) is 5.99. The largest absolute Gasteiger partial charge is 0.393 e. The lowest BCUT2D eigenvalue weighted by Gasteiger charge is -2.15. The Morgan fingerprint density at radius 1 is 1.41 bits per heavy atom. The van der Waals surface area contributed by atoms with E-state index in [2.05, 4.69) is 21.2 Å². The SMILES string of the molecule is OC1CCCC1CNCc1ccc(Br)c(F)c1. The van der Waals surface area contributed by atoms with Gasteiger partial charge in [-0.2, -0.15) is 0 Å². The highest BCUT2D eigenvalue weighted by atomic mass is 79.9. The monoisotopic (exact) mass is 301 g/mol. The minimum Gasteiger partial charge on any atom is -0.393 e. The molecule has 0 spiro atoms. The molecule has 1 fully saturated rings. The number of aliphatic hydroxyl groups excluding tert-OH is 1. The van der Waals surface area contributed by atoms with Gasteiger partial charge in [0.05, 0.1) is 10.6 Å². The van der Waals surface area contributed by atoms with Crippen LogP contribution in [0.1, 0.15) is 24.8 Å². The van der Waals surface area contributed by atoms with Gasteiger partial charge < -0.3 is 10.4 Å². The van der Waals surface area contributed by atoms with Crippen molar-refractivity contribution in [2.45, 2.75) is 31.9 Å². The molecule has 0 aromatic heterocycles. The van der Waals surface area contributed by atoms with Gasteiger partial charge in [0.15, 0.2) is 0 Å². The topological polar surface area (TPSA) is 32.3 Å². The Balaban J connectivity index is 1.79. The zero-order valence-electron chi connectivity index (χ0n) is 9.63. The summed E-state index contributed by atoms with van der Waals surface area (Å²) in [6, 6.07) is 5.14. The second kappa shape index (κ2) is 5.94. The van der Waals surface area contributed by atoms with Crippen LogP contribution in [0.2, 0.25) is 0 Å². The Hall–Kier alpha value is -0.450. The average Bonchev–Trinajstić information content (AvgIpc) is 2.70. The van der Waals surface area contributed by atoms with Crippen LogP contribution >= 0.6 is 15.9 Å². The van der Waals surface area contributed by atoms with E-state index in [9.17, 15) is 9.50 Å². The van der Waals surface area contributed by atoms with Crippen LogP contribution in [0, 0.1) is 11.7 Å². The zero-order chi connectivity index (χ0) is 12.3. The molecule has 0 bridgehead atoms. The van der Waals surface area contributed by atoms with Gasteiger partial charge in [-0.3, -0.25) is 0 Å². The van der Waals surface area contributed by atoms with Crippen molar-refractivity contribution in [3.8, 4) is 0 Å². The standard InChI is InChI=1S/C13H17BrFNO/c14-11-5-4-9(6-12(11)15)7-16-8-10-2-1-3-13(10)17/h4-6,10,13,16-17H,1-3,7-8H2. The van der Waals surface area contributed by atoms with Crippen LogP contribution in [-0.4, -0.2) is 17.8 Å². The summed E-state index contributed by atoms with van der Waals surface area (Å²) in [5, 5.41) is 12.9. The molecular weight excluding hydrogens is 285 g/mol. The van der Waals surface area contributed by atoms with Crippen molar-refractivity contribution in [2.75, 3.05) is 6.54 Å². The smallest absolute Gasteiger partial charge is 0.137 e. The highest BCUT2D eigenvalue weighted by molar-refractivity contribution is 9.10. The Kier molecular flexibility index (Phi) is 4.54. The van der Waals surface area contributed by atoms with Crippen LogP contribution in [-0.2, 0) is 6.54 Å². The van der Waals surface area contributed by atoms with E-state index >= 15 is 0 Å². The van der Waals surface area contributed by atoms with Gasteiger partial charge in [-0.25, -0.2) is 4.39 Å². The first-order valence-corrected chi connectivity index (χ1v) is 6.79. The van der Waals surface area contributed by atoms with Crippen molar-refractivity contribution in [1.29, 1.82) is 0 Å². The Morgan fingerprint density at radius 3 is 2.88 bits per heavy atom. The van der Waals surface area contributed by atoms with Gasteiger partial charge in [-0.15, -0.1) is 0 Å². The van der Waals surface area contributed by atoms with Gasteiger partial charge in [0.2, 0.25) is 0 Å². The maximum Gasteiger partial charge on any atom is 0.137 e. The Labute approximate surface area is 109 Å². The fourth-order valence-electron chi connectivity index (χ4n) is 2.31. The third kappa shape index (κ3) is 3.50. The third-order valence-corrected chi connectivity index (χ3v) is 3.98. The molecule has 0 radical (unpaired) electrons. The highest BCUT2D eigenvalue weighted by Crippen LogP contribution is 2.24. The molecule has 17 heavy (non-hydrogen) atoms. The van der Waals surface area contributed by atoms with Gasteiger partial charge >= 0.3 is 0 Å². The van der Waals surface area contributed by atoms with Gasteiger partial charge in [-0.05, 0) is 52.4 Å². The lowest BCUT2D eigenvalue weighted by molar-refractivity contribution is 0.131. The summed E-state index contributed by atoms with van der Waals surface area (Å²) in [5.41, 5.74) is 0.929. The van der Waals surface area contributed by atoms with Crippen molar-refractivity contribution in [3.63, 3.8) is 0 Å². The van der Waals surface area contributed by atoms with E-state index in [1.165, 1.54) is 6.07 Å². The normalized spacial score (nSPS) is 24.2. The van der Waals surface area contributed by atoms with Crippen LogP contribution in [0.25, 0.3) is 0 Å². The second-order valence-electron chi connectivity index (χ2n) is 4.64. The molecule has 2 atom stereocenters. The summed E-state index contributed by atoms with van der Waals surface area (Å²) in [5.74, 6) is 0.125. The molecule has 0 heterocycles. The molecule has 0 amide bonds. The first-order chi connectivity index (χ1) is 8.16. The lowest BCUT2D eigenvalue weighted by Crippen LogP contribution is -2.27. The maximum absolute atomic E-state index is 13.3. The van der Waals surface area contributed by atoms with Crippen molar-refractivity contribution in [1.82, 2.24) is 5.32 Å². The van der Waals surface area contributed by atoms with Crippen LogP contribution in [0.3, 0.4) is 0 Å². The third-order valence-electron chi connectivity index (χ3n) is 3.34. The average molecular weight is 302 g/mol. The van der Waals surface area contributed by atoms with E-state index in [-0.39, 0.29) is 11.9 Å². The first kappa shape index (κ1) is 13.0. The van der Waals surface area contributed by atoms with Crippen LogP contribution in [0.4, 0.5) is 4.39 Å². The number of hydrogen-bond donors (Lipinski definition) is 2. The molecular formula is C13H17BrFNO. The Morgan fingerprint density at radius 2 is 2.24 bits per heavy atom. The van der Waals surface area contributed by atoms with Crippen LogP contribution in [0.5, 0.6) is 0 Å². The molecule has 0 aliphatic heterocycles. The van der Waals surface area contributed by atoms with E-state index in [0.717, 1.165) is 31.4 Å². The van der Waals surface area contributed by atoms with Gasteiger partial charge in [0.1, 0.15) is 5.82 Å².